The van der Waals surface area contributed by atoms with Gasteiger partial charge in [0.15, 0.2) is 0 Å². The molecule has 5 heteroatoms. The van der Waals surface area contributed by atoms with Crippen LogP contribution in [0.15, 0.2) is 78.9 Å². The Hall–Kier alpha value is -3.73. The first kappa shape index (κ1) is 23.0. The van der Waals surface area contributed by atoms with E-state index in [1.807, 2.05) is 53.4 Å². The van der Waals surface area contributed by atoms with Crippen molar-refractivity contribution in [2.75, 3.05) is 31.1 Å². The van der Waals surface area contributed by atoms with Gasteiger partial charge < -0.3 is 19.5 Å². The molecule has 180 valence electrons. The van der Waals surface area contributed by atoms with Gasteiger partial charge in [-0.1, -0.05) is 81.4 Å². The van der Waals surface area contributed by atoms with Crippen LogP contribution in [0, 0.1) is 0 Å². The number of nitrogens with one attached hydrogen (secondary N) is 1. The van der Waals surface area contributed by atoms with Crippen LogP contribution in [0.4, 0.5) is 5.69 Å². The summed E-state index contributed by atoms with van der Waals surface area (Å²) in [4.78, 5) is 20.8. The van der Waals surface area contributed by atoms with E-state index < -0.39 is 0 Å². The number of carbonyl (C=O) groups excluding carboxylic acids is 1. The molecule has 1 N–H and O–H groups in total. The first-order chi connectivity index (χ1) is 16.9. The number of fused-ring (bicyclic) bond motifs is 1. The predicted molar refractivity (Wildman–Crippen MR) is 142 cm³/mol. The highest BCUT2D eigenvalue weighted by molar-refractivity contribution is 5.98. The number of aromatic nitrogens is 1. The summed E-state index contributed by atoms with van der Waals surface area (Å²) >= 11 is 0. The number of nitrogens with zero attached hydrogens (tertiary/aromatic N) is 2. The molecule has 0 unspecified atom stereocenters. The molecule has 0 saturated carbocycles. The third-order valence-electron chi connectivity index (χ3n) is 6.69. The van der Waals surface area contributed by atoms with E-state index in [-0.39, 0.29) is 11.3 Å². The number of piperazine rings is 1. The molecule has 3 aromatic carbocycles. The number of H-pyrrole nitrogens is 1. The van der Waals surface area contributed by atoms with Crippen LogP contribution in [0.3, 0.4) is 0 Å². The molecule has 4 aromatic rings. The zero-order chi connectivity index (χ0) is 24.4. The van der Waals surface area contributed by atoms with Crippen molar-refractivity contribution in [1.29, 1.82) is 0 Å². The summed E-state index contributed by atoms with van der Waals surface area (Å²) in [5, 5.41) is 1.06. The summed E-state index contributed by atoms with van der Waals surface area (Å²) in [5.41, 5.74) is 5.18. The van der Waals surface area contributed by atoms with Crippen molar-refractivity contribution in [2.45, 2.75) is 32.8 Å². The summed E-state index contributed by atoms with van der Waals surface area (Å²) in [6.45, 7) is 10.1. The normalized spacial score (nSPS) is 14.4. The Morgan fingerprint density at radius 3 is 2.31 bits per heavy atom. The molecule has 1 aromatic heterocycles. The molecule has 5 nitrogen and oxygen atoms in total. The molecule has 35 heavy (non-hydrogen) atoms. The Kier molecular flexibility index (Phi) is 6.25. The highest BCUT2D eigenvalue weighted by Gasteiger charge is 2.29. The topological polar surface area (TPSA) is 48.6 Å². The number of anilines is 1. The van der Waals surface area contributed by atoms with E-state index >= 15 is 0 Å². The quantitative estimate of drug-likeness (QED) is 0.391. The number of amides is 1. The summed E-state index contributed by atoms with van der Waals surface area (Å²) in [7, 11) is 0. The van der Waals surface area contributed by atoms with Crippen molar-refractivity contribution >= 4 is 22.5 Å². The molecule has 5 rings (SSSR count). The maximum absolute atomic E-state index is 13.2. The van der Waals surface area contributed by atoms with Crippen molar-refractivity contribution < 1.29 is 9.53 Å². The molecule has 1 aliphatic rings. The van der Waals surface area contributed by atoms with Crippen LogP contribution in [0.25, 0.3) is 10.9 Å². The van der Waals surface area contributed by atoms with Gasteiger partial charge in [0, 0.05) is 37.1 Å². The Morgan fingerprint density at radius 1 is 0.886 bits per heavy atom. The third kappa shape index (κ3) is 4.90. The summed E-state index contributed by atoms with van der Waals surface area (Å²) in [6.07, 6.45) is 0. The number of aromatic amines is 1. The van der Waals surface area contributed by atoms with Gasteiger partial charge in [0.05, 0.1) is 5.69 Å². The van der Waals surface area contributed by atoms with Gasteiger partial charge in [0.1, 0.15) is 18.1 Å². The lowest BCUT2D eigenvalue weighted by Crippen LogP contribution is -2.49. The molecule has 1 fully saturated rings. The molecule has 0 bridgehead atoms. The van der Waals surface area contributed by atoms with Gasteiger partial charge in [-0.2, -0.15) is 0 Å². The maximum atomic E-state index is 13.2. The highest BCUT2D eigenvalue weighted by atomic mass is 16.5. The van der Waals surface area contributed by atoms with Crippen molar-refractivity contribution in [3.05, 3.63) is 95.7 Å². The number of rotatable bonds is 5. The second kappa shape index (κ2) is 9.49. The highest BCUT2D eigenvalue weighted by Crippen LogP contribution is 2.40. The van der Waals surface area contributed by atoms with Crippen molar-refractivity contribution in [3.8, 4) is 5.75 Å². The smallest absolute Gasteiger partial charge is 0.270 e. The number of benzene rings is 3. The minimum absolute atomic E-state index is 0.0290. The number of carbonyl (C=O) groups is 1. The largest absolute Gasteiger partial charge is 0.487 e. The van der Waals surface area contributed by atoms with Gasteiger partial charge in [0.25, 0.3) is 5.91 Å². The molecular formula is C30H33N3O2. The van der Waals surface area contributed by atoms with Gasteiger partial charge in [-0.15, -0.1) is 0 Å². The van der Waals surface area contributed by atoms with Crippen LogP contribution in [0.1, 0.15) is 42.4 Å². The van der Waals surface area contributed by atoms with Crippen LogP contribution in [-0.4, -0.2) is 42.0 Å². The minimum Gasteiger partial charge on any atom is -0.487 e. The summed E-state index contributed by atoms with van der Waals surface area (Å²) in [6, 6.07) is 26.6. The SMILES string of the molecule is CC(C)(C)c1cccc(OCc2ccccc2)c1N1CCN(C(=O)c2cc3ccccc3[nH]2)CC1. The zero-order valence-corrected chi connectivity index (χ0v) is 20.8. The lowest BCUT2D eigenvalue weighted by atomic mass is 9.85. The van der Waals surface area contributed by atoms with Crippen LogP contribution in [-0.2, 0) is 12.0 Å². The fraction of sp³-hybridized carbons (Fsp3) is 0.300. The Morgan fingerprint density at radius 2 is 1.60 bits per heavy atom. The molecule has 0 aliphatic carbocycles. The van der Waals surface area contributed by atoms with Gasteiger partial charge in [0.2, 0.25) is 0 Å². The third-order valence-corrected chi connectivity index (χ3v) is 6.69. The fourth-order valence-electron chi connectivity index (χ4n) is 4.80. The van der Waals surface area contributed by atoms with Crippen molar-refractivity contribution in [2.24, 2.45) is 0 Å². The second-order valence-corrected chi connectivity index (χ2v) is 10.2. The molecular weight excluding hydrogens is 434 g/mol. The molecule has 1 saturated heterocycles. The number of hydrogen-bond acceptors (Lipinski definition) is 3. The Labute approximate surface area is 207 Å². The maximum Gasteiger partial charge on any atom is 0.270 e. The van der Waals surface area contributed by atoms with Gasteiger partial charge >= 0.3 is 0 Å². The van der Waals surface area contributed by atoms with Crippen LogP contribution in [0.5, 0.6) is 5.75 Å². The van der Waals surface area contributed by atoms with E-state index in [0.29, 0.717) is 25.4 Å². The van der Waals surface area contributed by atoms with Crippen LogP contribution in [0.2, 0.25) is 0 Å². The first-order valence-corrected chi connectivity index (χ1v) is 12.3. The molecule has 0 radical (unpaired) electrons. The van der Waals surface area contributed by atoms with E-state index in [2.05, 4.69) is 61.0 Å². The van der Waals surface area contributed by atoms with Gasteiger partial charge in [-0.3, -0.25) is 4.79 Å². The van der Waals surface area contributed by atoms with E-state index in [4.69, 9.17) is 4.74 Å². The second-order valence-electron chi connectivity index (χ2n) is 10.2. The Balaban J connectivity index is 1.35. The van der Waals surface area contributed by atoms with Gasteiger partial charge in [-0.05, 0) is 34.7 Å². The number of hydrogen-bond donors (Lipinski definition) is 1. The van der Waals surface area contributed by atoms with Crippen molar-refractivity contribution in [3.63, 3.8) is 0 Å². The monoisotopic (exact) mass is 467 g/mol. The molecule has 0 atom stereocenters. The summed E-state index contributed by atoms with van der Waals surface area (Å²) < 4.78 is 6.36. The van der Waals surface area contributed by atoms with E-state index in [0.717, 1.165) is 41.0 Å². The first-order valence-electron chi connectivity index (χ1n) is 12.3. The average molecular weight is 468 g/mol. The van der Waals surface area contributed by atoms with Crippen LogP contribution < -0.4 is 9.64 Å². The molecule has 1 aliphatic heterocycles. The number of para-hydroxylation sites is 2. The van der Waals surface area contributed by atoms with Crippen LogP contribution >= 0.6 is 0 Å². The predicted octanol–water partition coefficient (Wildman–Crippen LogP) is 6.01. The Bertz CT molecular complexity index is 1280. The number of ether oxygens (including phenoxy) is 1. The fourth-order valence-corrected chi connectivity index (χ4v) is 4.80. The lowest BCUT2D eigenvalue weighted by Gasteiger charge is -2.39. The molecule has 0 spiro atoms. The minimum atomic E-state index is -0.0290. The molecule has 2 heterocycles. The summed E-state index contributed by atoms with van der Waals surface area (Å²) in [5.74, 6) is 0.960. The lowest BCUT2D eigenvalue weighted by molar-refractivity contribution is 0.0741. The van der Waals surface area contributed by atoms with E-state index in [9.17, 15) is 4.79 Å². The van der Waals surface area contributed by atoms with Gasteiger partial charge in [-0.25, -0.2) is 0 Å². The van der Waals surface area contributed by atoms with Crippen molar-refractivity contribution in [1.82, 2.24) is 9.88 Å². The standard InChI is InChI=1S/C30H33N3O2/c1-30(2,3)24-13-9-15-27(35-21-22-10-5-4-6-11-22)28(24)32-16-18-33(19-17-32)29(34)26-20-23-12-7-8-14-25(23)31-26/h4-15,20,31H,16-19,21H2,1-3H3. The van der Waals surface area contributed by atoms with E-state index in [1.165, 1.54) is 5.56 Å². The van der Waals surface area contributed by atoms with E-state index in [1.54, 1.807) is 0 Å². The zero-order valence-electron chi connectivity index (χ0n) is 20.8. The molecule has 1 amide bonds. The average Bonchev–Trinajstić information content (AvgIpc) is 3.31.